The number of hydrogen-bond acceptors (Lipinski definition) is 3. The van der Waals surface area contributed by atoms with E-state index in [1.165, 1.54) is 0 Å². The van der Waals surface area contributed by atoms with E-state index < -0.39 is 24.4 Å². The van der Waals surface area contributed by atoms with E-state index in [9.17, 15) is 9.59 Å². The maximum Gasteiger partial charge on any atom is 0.321 e. The van der Waals surface area contributed by atoms with Gasteiger partial charge in [-0.25, -0.2) is 0 Å². The standard InChI is InChI=1S/C4H7NO4.U/c5-2(4(8)9)1-3(6)7;/h2H,1,5H2,(H,6,7)(H,8,9);. The molecule has 6 heteroatoms. The zero-order chi connectivity index (χ0) is 7.44. The van der Waals surface area contributed by atoms with Crippen molar-refractivity contribution >= 4 is 11.9 Å². The molecule has 0 aromatic rings. The van der Waals surface area contributed by atoms with Gasteiger partial charge in [-0.1, -0.05) is 0 Å². The quantitative estimate of drug-likeness (QED) is 0.583. The Hall–Kier alpha value is -0.0481. The van der Waals surface area contributed by atoms with Crippen LogP contribution in [0.5, 0.6) is 0 Å². The van der Waals surface area contributed by atoms with Gasteiger partial charge in [0.15, 0.2) is 0 Å². The molecule has 0 bridgehead atoms. The van der Waals surface area contributed by atoms with Crippen molar-refractivity contribution in [3.8, 4) is 0 Å². The maximum atomic E-state index is 9.85. The molecule has 0 aliphatic heterocycles. The van der Waals surface area contributed by atoms with Crippen molar-refractivity contribution in [3.05, 3.63) is 0 Å². The van der Waals surface area contributed by atoms with Crippen LogP contribution in [0.2, 0.25) is 0 Å². The van der Waals surface area contributed by atoms with Gasteiger partial charge in [0.05, 0.1) is 6.42 Å². The Bertz CT molecular complexity index is 137. The number of hydrogen-bond donors (Lipinski definition) is 3. The van der Waals surface area contributed by atoms with Crippen LogP contribution in [-0.2, 0) is 9.59 Å². The molecule has 5 nitrogen and oxygen atoms in total. The summed E-state index contributed by atoms with van der Waals surface area (Å²) in [5, 5.41) is 16.0. The molecule has 4 N–H and O–H groups in total. The number of carbonyl (C=O) groups is 2. The Morgan fingerprint density at radius 1 is 1.40 bits per heavy atom. The molecule has 0 saturated heterocycles. The van der Waals surface area contributed by atoms with Crippen molar-refractivity contribution in [2.45, 2.75) is 12.5 Å². The molecule has 0 rings (SSSR count). The van der Waals surface area contributed by atoms with E-state index in [-0.39, 0.29) is 31.1 Å². The van der Waals surface area contributed by atoms with E-state index in [1.54, 1.807) is 0 Å². The van der Waals surface area contributed by atoms with E-state index >= 15 is 0 Å². The van der Waals surface area contributed by atoms with Gasteiger partial charge in [-0.05, 0) is 0 Å². The van der Waals surface area contributed by atoms with Crippen molar-refractivity contribution in [1.29, 1.82) is 0 Å². The third-order valence-corrected chi connectivity index (χ3v) is 0.712. The fourth-order valence-corrected chi connectivity index (χ4v) is 0.275. The summed E-state index contributed by atoms with van der Waals surface area (Å²) >= 11 is 0. The van der Waals surface area contributed by atoms with Crippen LogP contribution in [0.15, 0.2) is 0 Å². The first-order chi connectivity index (χ1) is 4.04. The predicted octanol–water partition coefficient (Wildman–Crippen LogP) is -1.13. The summed E-state index contributed by atoms with van der Waals surface area (Å²) in [6, 6.07) is -1.29. The van der Waals surface area contributed by atoms with Crippen molar-refractivity contribution in [1.82, 2.24) is 0 Å². The zero-order valence-corrected chi connectivity index (χ0v) is 9.24. The second-order valence-corrected chi connectivity index (χ2v) is 1.54. The third kappa shape index (κ3) is 6.08. The van der Waals surface area contributed by atoms with E-state index in [4.69, 9.17) is 15.9 Å². The molecule has 0 aliphatic carbocycles. The van der Waals surface area contributed by atoms with Gasteiger partial charge >= 0.3 is 11.9 Å². The molecule has 56 valence electrons. The van der Waals surface area contributed by atoms with Crippen LogP contribution in [0.3, 0.4) is 0 Å². The fraction of sp³-hybridized carbons (Fsp3) is 0.500. The average molecular weight is 371 g/mol. The SMILES string of the molecule is NC(CC(=O)O)C(=O)O.[U]. The summed E-state index contributed by atoms with van der Waals surface area (Å²) in [4.78, 5) is 19.6. The van der Waals surface area contributed by atoms with E-state index in [0.29, 0.717) is 0 Å². The second-order valence-electron chi connectivity index (χ2n) is 1.54. The van der Waals surface area contributed by atoms with Crippen LogP contribution in [0.1, 0.15) is 6.42 Å². The molecule has 0 heterocycles. The minimum absolute atomic E-state index is 0. The van der Waals surface area contributed by atoms with Gasteiger partial charge in [-0.3, -0.25) is 9.59 Å². The molecular weight excluding hydrogens is 364 g/mol. The molecule has 1 unspecified atom stereocenters. The predicted molar refractivity (Wildman–Crippen MR) is 27.9 cm³/mol. The van der Waals surface area contributed by atoms with Gasteiger partial charge in [-0.2, -0.15) is 0 Å². The van der Waals surface area contributed by atoms with Gasteiger partial charge in [0.1, 0.15) is 6.04 Å². The van der Waals surface area contributed by atoms with Crippen molar-refractivity contribution in [3.63, 3.8) is 0 Å². The second kappa shape index (κ2) is 5.72. The van der Waals surface area contributed by atoms with Gasteiger partial charge in [0, 0.05) is 31.1 Å². The monoisotopic (exact) mass is 371 g/mol. The molecule has 0 aliphatic rings. The molecular formula is C4H7NO4U. The summed E-state index contributed by atoms with van der Waals surface area (Å²) < 4.78 is 0. The van der Waals surface area contributed by atoms with Crippen LogP contribution in [0.4, 0.5) is 0 Å². The first-order valence-electron chi connectivity index (χ1n) is 2.24. The molecule has 0 radical (unpaired) electrons. The third-order valence-electron chi connectivity index (χ3n) is 0.712. The Labute approximate surface area is 81.0 Å². The molecule has 0 aromatic carbocycles. The first kappa shape index (κ1) is 12.6. The van der Waals surface area contributed by atoms with Gasteiger partial charge < -0.3 is 15.9 Å². The van der Waals surface area contributed by atoms with Gasteiger partial charge in [0.25, 0.3) is 0 Å². The molecule has 10 heavy (non-hydrogen) atoms. The number of carboxylic acid groups (broad SMARTS) is 2. The Balaban J connectivity index is 0. The van der Waals surface area contributed by atoms with Crippen LogP contribution in [0, 0.1) is 31.1 Å². The summed E-state index contributed by atoms with van der Waals surface area (Å²) in [7, 11) is 0. The number of aliphatic carboxylic acids is 2. The zero-order valence-electron chi connectivity index (χ0n) is 5.07. The molecule has 0 fully saturated rings. The van der Waals surface area contributed by atoms with Crippen LogP contribution < -0.4 is 5.73 Å². The number of nitrogens with two attached hydrogens (primary N) is 1. The molecule has 1 atom stereocenters. The minimum atomic E-state index is -1.29. The minimum Gasteiger partial charge on any atom is -0.481 e. The Kier molecular flexibility index (Phi) is 7.21. The van der Waals surface area contributed by atoms with E-state index in [0.717, 1.165) is 0 Å². The smallest absolute Gasteiger partial charge is 0.321 e. The van der Waals surface area contributed by atoms with Gasteiger partial charge in [-0.15, -0.1) is 0 Å². The first-order valence-corrected chi connectivity index (χ1v) is 2.24. The van der Waals surface area contributed by atoms with Gasteiger partial charge in [0.2, 0.25) is 0 Å². The fourth-order valence-electron chi connectivity index (χ4n) is 0.275. The molecule has 0 amide bonds. The summed E-state index contributed by atoms with van der Waals surface area (Å²) in [5.74, 6) is -2.50. The largest absolute Gasteiger partial charge is 0.481 e. The van der Waals surface area contributed by atoms with Crippen molar-refractivity contribution in [2.24, 2.45) is 5.73 Å². The Morgan fingerprint density at radius 2 is 1.80 bits per heavy atom. The Morgan fingerprint density at radius 3 is 1.90 bits per heavy atom. The normalized spacial score (nSPS) is 11.3. The number of carboxylic acids is 2. The maximum absolute atomic E-state index is 9.85. The number of rotatable bonds is 3. The summed E-state index contributed by atoms with van der Waals surface area (Å²) in [6.45, 7) is 0. The molecule has 0 saturated carbocycles. The molecule has 0 aromatic heterocycles. The van der Waals surface area contributed by atoms with Crippen LogP contribution >= 0.6 is 0 Å². The molecule has 0 spiro atoms. The topological polar surface area (TPSA) is 101 Å². The summed E-state index contributed by atoms with van der Waals surface area (Å²) in [5.41, 5.74) is 4.84. The van der Waals surface area contributed by atoms with Crippen LogP contribution in [-0.4, -0.2) is 28.2 Å². The van der Waals surface area contributed by atoms with E-state index in [2.05, 4.69) is 0 Å². The van der Waals surface area contributed by atoms with Crippen molar-refractivity contribution in [2.75, 3.05) is 0 Å². The summed E-state index contributed by atoms with van der Waals surface area (Å²) in [6.07, 6.45) is -0.532. The average Bonchev–Trinajstić information content (AvgIpc) is 1.63. The van der Waals surface area contributed by atoms with Crippen molar-refractivity contribution < 1.29 is 50.9 Å². The van der Waals surface area contributed by atoms with E-state index in [1.807, 2.05) is 0 Å². The van der Waals surface area contributed by atoms with Crippen LogP contribution in [0.25, 0.3) is 0 Å².